The molecule has 0 aromatic heterocycles. The third-order valence-corrected chi connectivity index (χ3v) is 4.82. The number of likely N-dealkylation sites (tertiary alicyclic amines) is 1. The predicted octanol–water partition coefficient (Wildman–Crippen LogP) is 3.90. The van der Waals surface area contributed by atoms with Gasteiger partial charge in [-0.15, -0.1) is 12.4 Å². The molecule has 0 spiro atoms. The van der Waals surface area contributed by atoms with E-state index in [1.54, 1.807) is 12.1 Å². The summed E-state index contributed by atoms with van der Waals surface area (Å²) in [6.07, 6.45) is 2.04. The summed E-state index contributed by atoms with van der Waals surface area (Å²) in [6.45, 7) is 2.85. The molecule has 1 aliphatic rings. The lowest BCUT2D eigenvalue weighted by Crippen LogP contribution is -2.40. The number of ether oxygens (including phenoxy) is 1. The molecule has 3 rings (SSSR count). The molecule has 1 amide bonds. The Morgan fingerprint density at radius 1 is 1.15 bits per heavy atom. The second kappa shape index (κ2) is 10.3. The van der Waals surface area contributed by atoms with Crippen LogP contribution in [-0.2, 0) is 6.61 Å². The molecule has 0 aliphatic carbocycles. The fourth-order valence-corrected chi connectivity index (χ4v) is 3.31. The van der Waals surface area contributed by atoms with E-state index in [0.717, 1.165) is 38.0 Å². The highest BCUT2D eigenvalue weighted by molar-refractivity contribution is 5.97. The average molecular weight is 393 g/mol. The molecular weight excluding hydrogens is 367 g/mol. The van der Waals surface area contributed by atoms with Crippen LogP contribution >= 0.6 is 12.4 Å². The van der Waals surface area contributed by atoms with Crippen LogP contribution in [-0.4, -0.2) is 37.5 Å². The number of carbonyl (C=O) groups excluding carboxylic acids is 1. The Kier molecular flexibility index (Phi) is 8.07. The van der Waals surface area contributed by atoms with Gasteiger partial charge in [0.2, 0.25) is 0 Å². The molecule has 146 valence electrons. The van der Waals surface area contributed by atoms with Crippen LogP contribution in [0.5, 0.6) is 5.75 Å². The van der Waals surface area contributed by atoms with Gasteiger partial charge in [0.05, 0.1) is 5.56 Å². The summed E-state index contributed by atoms with van der Waals surface area (Å²) in [7, 11) is 1.96. The zero-order valence-corrected chi connectivity index (χ0v) is 16.3. The Labute approximate surface area is 166 Å². The molecule has 0 saturated carbocycles. The van der Waals surface area contributed by atoms with Gasteiger partial charge in [0.15, 0.2) is 0 Å². The molecule has 0 bridgehead atoms. The zero-order chi connectivity index (χ0) is 18.4. The van der Waals surface area contributed by atoms with Gasteiger partial charge in [0.1, 0.15) is 18.2 Å². The standard InChI is InChI=1S/C21H25FN2O2.ClH/c1-23-14-16-10-12-24(13-11-16)21(25)19-4-2-3-5-20(19)26-15-17-6-8-18(22)9-7-17;/h2-9,16,23H,10-15H2,1H3;1H. The normalized spacial score (nSPS) is 14.5. The van der Waals surface area contributed by atoms with Gasteiger partial charge < -0.3 is 15.0 Å². The van der Waals surface area contributed by atoms with E-state index in [-0.39, 0.29) is 24.1 Å². The quantitative estimate of drug-likeness (QED) is 0.810. The smallest absolute Gasteiger partial charge is 0.257 e. The number of nitrogens with zero attached hydrogens (tertiary/aromatic N) is 1. The first-order valence-corrected chi connectivity index (χ1v) is 9.07. The summed E-state index contributed by atoms with van der Waals surface area (Å²) in [6, 6.07) is 13.5. The molecule has 27 heavy (non-hydrogen) atoms. The first-order valence-electron chi connectivity index (χ1n) is 9.07. The molecule has 0 radical (unpaired) electrons. The predicted molar refractivity (Wildman–Crippen MR) is 107 cm³/mol. The van der Waals surface area contributed by atoms with E-state index in [2.05, 4.69) is 5.32 Å². The number of hydrogen-bond acceptors (Lipinski definition) is 3. The Bertz CT molecular complexity index is 731. The summed E-state index contributed by atoms with van der Waals surface area (Å²) < 4.78 is 18.9. The molecule has 1 aliphatic heterocycles. The van der Waals surface area contributed by atoms with Gasteiger partial charge in [-0.2, -0.15) is 0 Å². The van der Waals surface area contributed by atoms with Crippen molar-refractivity contribution in [3.8, 4) is 5.75 Å². The Morgan fingerprint density at radius 2 is 1.81 bits per heavy atom. The number of hydrogen-bond donors (Lipinski definition) is 1. The lowest BCUT2D eigenvalue weighted by Gasteiger charge is -2.32. The highest BCUT2D eigenvalue weighted by Crippen LogP contribution is 2.24. The van der Waals surface area contributed by atoms with Crippen molar-refractivity contribution in [3.05, 3.63) is 65.5 Å². The second-order valence-corrected chi connectivity index (χ2v) is 6.70. The molecule has 1 fully saturated rings. The van der Waals surface area contributed by atoms with Crippen molar-refractivity contribution >= 4 is 18.3 Å². The van der Waals surface area contributed by atoms with Crippen molar-refractivity contribution in [3.63, 3.8) is 0 Å². The summed E-state index contributed by atoms with van der Waals surface area (Å²) in [5.74, 6) is 0.946. The number of carbonyl (C=O) groups is 1. The number of benzene rings is 2. The van der Waals surface area contributed by atoms with Crippen molar-refractivity contribution in [1.29, 1.82) is 0 Å². The summed E-state index contributed by atoms with van der Waals surface area (Å²) in [4.78, 5) is 14.8. The van der Waals surface area contributed by atoms with Crippen molar-refractivity contribution in [1.82, 2.24) is 10.2 Å². The molecule has 0 atom stereocenters. The van der Waals surface area contributed by atoms with Crippen LogP contribution < -0.4 is 10.1 Å². The van der Waals surface area contributed by atoms with E-state index in [1.165, 1.54) is 12.1 Å². The van der Waals surface area contributed by atoms with Crippen molar-refractivity contribution in [2.45, 2.75) is 19.4 Å². The van der Waals surface area contributed by atoms with Gasteiger partial charge in [-0.25, -0.2) is 4.39 Å². The van der Waals surface area contributed by atoms with Gasteiger partial charge in [-0.3, -0.25) is 4.79 Å². The number of piperidine rings is 1. The minimum absolute atomic E-state index is 0. The van der Waals surface area contributed by atoms with Crippen molar-refractivity contribution in [2.75, 3.05) is 26.7 Å². The number of rotatable bonds is 6. The van der Waals surface area contributed by atoms with Crippen LogP contribution in [0.3, 0.4) is 0 Å². The van der Waals surface area contributed by atoms with Crippen LogP contribution in [0.25, 0.3) is 0 Å². The third-order valence-electron chi connectivity index (χ3n) is 4.82. The van der Waals surface area contributed by atoms with Gasteiger partial charge in [0, 0.05) is 13.1 Å². The molecule has 0 unspecified atom stereocenters. The van der Waals surface area contributed by atoms with Crippen molar-refractivity contribution < 1.29 is 13.9 Å². The SMILES string of the molecule is CNCC1CCN(C(=O)c2ccccc2OCc2ccc(F)cc2)CC1.Cl. The van der Waals surface area contributed by atoms with Crippen LogP contribution in [0.2, 0.25) is 0 Å². The number of amides is 1. The van der Waals surface area contributed by atoms with E-state index in [4.69, 9.17) is 4.74 Å². The summed E-state index contributed by atoms with van der Waals surface area (Å²) in [5, 5.41) is 3.21. The zero-order valence-electron chi connectivity index (χ0n) is 15.5. The van der Waals surface area contributed by atoms with E-state index in [1.807, 2.05) is 36.2 Å². The van der Waals surface area contributed by atoms with E-state index >= 15 is 0 Å². The first kappa shape index (κ1) is 21.2. The fraction of sp³-hybridized carbons (Fsp3) is 0.381. The van der Waals surface area contributed by atoms with Gasteiger partial charge in [-0.1, -0.05) is 24.3 Å². The molecule has 1 N–H and O–H groups in total. The maximum absolute atomic E-state index is 13.0. The van der Waals surface area contributed by atoms with Crippen LogP contribution in [0.15, 0.2) is 48.5 Å². The van der Waals surface area contributed by atoms with E-state index < -0.39 is 0 Å². The summed E-state index contributed by atoms with van der Waals surface area (Å²) in [5.41, 5.74) is 1.45. The lowest BCUT2D eigenvalue weighted by atomic mass is 9.96. The topological polar surface area (TPSA) is 41.6 Å². The van der Waals surface area contributed by atoms with Crippen LogP contribution in [0, 0.1) is 11.7 Å². The Morgan fingerprint density at radius 3 is 2.48 bits per heavy atom. The van der Waals surface area contributed by atoms with Crippen LogP contribution in [0.1, 0.15) is 28.8 Å². The minimum Gasteiger partial charge on any atom is -0.488 e. The molecule has 2 aromatic rings. The van der Waals surface area contributed by atoms with Crippen LogP contribution in [0.4, 0.5) is 4.39 Å². The highest BCUT2D eigenvalue weighted by atomic mass is 35.5. The van der Waals surface area contributed by atoms with E-state index in [9.17, 15) is 9.18 Å². The van der Waals surface area contributed by atoms with Gasteiger partial charge in [0.25, 0.3) is 5.91 Å². The number of para-hydroxylation sites is 1. The lowest BCUT2D eigenvalue weighted by molar-refractivity contribution is 0.0686. The monoisotopic (exact) mass is 392 g/mol. The molecular formula is C21H26ClFN2O2. The fourth-order valence-electron chi connectivity index (χ4n) is 3.31. The molecule has 1 heterocycles. The molecule has 6 heteroatoms. The van der Waals surface area contributed by atoms with Crippen molar-refractivity contribution in [2.24, 2.45) is 5.92 Å². The van der Waals surface area contributed by atoms with Gasteiger partial charge in [-0.05, 0) is 62.2 Å². The minimum atomic E-state index is -0.272. The maximum atomic E-state index is 13.0. The largest absolute Gasteiger partial charge is 0.488 e. The molecule has 4 nitrogen and oxygen atoms in total. The highest BCUT2D eigenvalue weighted by Gasteiger charge is 2.25. The third kappa shape index (κ3) is 5.68. The second-order valence-electron chi connectivity index (χ2n) is 6.70. The van der Waals surface area contributed by atoms with E-state index in [0.29, 0.717) is 23.8 Å². The Hall–Kier alpha value is -2.11. The van der Waals surface area contributed by atoms with Gasteiger partial charge >= 0.3 is 0 Å². The Balaban J connectivity index is 0.00000261. The molecule has 1 saturated heterocycles. The first-order chi connectivity index (χ1) is 12.7. The summed E-state index contributed by atoms with van der Waals surface area (Å²) >= 11 is 0. The maximum Gasteiger partial charge on any atom is 0.257 e. The number of halogens is 2. The number of nitrogens with one attached hydrogen (secondary N) is 1. The average Bonchev–Trinajstić information content (AvgIpc) is 2.68. The molecule has 2 aromatic carbocycles.